The van der Waals surface area contributed by atoms with E-state index >= 15 is 0 Å². The Morgan fingerprint density at radius 2 is 1.35 bits per heavy atom. The molecule has 0 aromatic rings. The molecule has 0 fully saturated rings. The van der Waals surface area contributed by atoms with Crippen molar-refractivity contribution in [3.8, 4) is 0 Å². The molecule has 3 rings (SSSR count). The molecule has 0 atom stereocenters. The Hall–Kier alpha value is -0.250. The maximum Gasteiger partial charge on any atom is -0.153 e. The summed E-state index contributed by atoms with van der Waals surface area (Å²) in [6, 6.07) is 0. The van der Waals surface area contributed by atoms with Crippen molar-refractivity contribution in [1.29, 1.82) is 0 Å². The van der Waals surface area contributed by atoms with Gasteiger partial charge in [0.05, 0.1) is 0 Å². The summed E-state index contributed by atoms with van der Waals surface area (Å²) in [5, 5.41) is 16.5. The van der Waals surface area contributed by atoms with E-state index in [1.54, 1.807) is 11.1 Å². The number of rotatable bonds is 0. The third-order valence-corrected chi connectivity index (χ3v) is 8.88. The summed E-state index contributed by atoms with van der Waals surface area (Å²) < 4.78 is 3.74. The molecule has 0 N–H and O–H groups in total. The van der Waals surface area contributed by atoms with Gasteiger partial charge >= 0.3 is 90.7 Å². The van der Waals surface area contributed by atoms with Crippen LogP contribution in [0.1, 0.15) is 19.8 Å². The average Bonchev–Trinajstić information content (AvgIpc) is 3.03. The summed E-state index contributed by atoms with van der Waals surface area (Å²) >= 11 is -0.541. The molecule has 90 valence electrons. The molecule has 0 unspecified atom stereocenters. The molecule has 2 nitrogen and oxygen atoms in total. The molecule has 1 aliphatic heterocycles. The van der Waals surface area contributed by atoms with Gasteiger partial charge in [0.2, 0.25) is 0 Å². The molecule has 0 saturated heterocycles. The van der Waals surface area contributed by atoms with Gasteiger partial charge < -0.3 is 10.2 Å². The third-order valence-electron chi connectivity index (χ3n) is 3.17. The normalized spacial score (nSPS) is 19.6. The Balaban J connectivity index is 0.000000330. The maximum absolute atomic E-state index is 8.25. The standard InChI is InChI=1S/C12H12.2CH3O.Hf/c1-10(11-6-2-3-7-11)12-8-4-5-9-12;2*1-2;/h2,4,6,8,10H,3,5H2,1H3;2*1H3;/q;2*-1;+2. The first-order chi connectivity index (χ1) is 8.36. The summed E-state index contributed by atoms with van der Waals surface area (Å²) in [4.78, 5) is 0. The molecule has 0 aromatic heterocycles. The molecular weight excluding hydrogens is 379 g/mol. The van der Waals surface area contributed by atoms with Crippen molar-refractivity contribution >= 4 is 0 Å². The fraction of sp³-hybridized carbons (Fsp3) is 0.429. The second kappa shape index (κ2) is 7.24. The summed E-state index contributed by atoms with van der Waals surface area (Å²) in [6.07, 6.45) is 12.1. The molecule has 0 spiro atoms. The molecule has 0 radical (unpaired) electrons. The molecule has 0 saturated carbocycles. The van der Waals surface area contributed by atoms with Crippen LogP contribution in [-0.4, -0.2) is 14.2 Å². The maximum atomic E-state index is 8.25. The van der Waals surface area contributed by atoms with Crippen molar-refractivity contribution in [2.24, 2.45) is 5.92 Å². The van der Waals surface area contributed by atoms with E-state index < -0.39 is 22.9 Å². The zero-order chi connectivity index (χ0) is 12.8. The number of hydrogen-bond donors (Lipinski definition) is 0. The minimum atomic E-state index is -0.541. The van der Waals surface area contributed by atoms with Gasteiger partial charge in [-0.2, -0.15) is 14.2 Å². The molecule has 17 heavy (non-hydrogen) atoms. The van der Waals surface area contributed by atoms with E-state index in [9.17, 15) is 0 Å². The van der Waals surface area contributed by atoms with Gasteiger partial charge in [-0.1, -0.05) is 0 Å². The summed E-state index contributed by atoms with van der Waals surface area (Å²) in [6.45, 7) is 2.37. The SMILES string of the molecule is CC1C2=[C](CC=C2)[Hf+2][C]2=C1C=CC2.C[O-].C[O-]. The summed E-state index contributed by atoms with van der Waals surface area (Å²) in [5.41, 5.74) is 3.38. The van der Waals surface area contributed by atoms with Crippen LogP contribution < -0.4 is 10.2 Å². The molecule has 3 heteroatoms. The third kappa shape index (κ3) is 2.95. The van der Waals surface area contributed by atoms with Gasteiger partial charge in [-0.05, 0) is 0 Å². The van der Waals surface area contributed by atoms with Crippen LogP contribution in [0.4, 0.5) is 0 Å². The average molecular weight is 397 g/mol. The van der Waals surface area contributed by atoms with E-state index in [-0.39, 0.29) is 0 Å². The second-order valence-corrected chi connectivity index (χ2v) is 9.16. The first kappa shape index (κ1) is 14.8. The van der Waals surface area contributed by atoms with Gasteiger partial charge in [-0.25, -0.2) is 0 Å². The minimum Gasteiger partial charge on any atom is -0.857 e. The number of hydrogen-bond acceptors (Lipinski definition) is 2. The van der Waals surface area contributed by atoms with Crippen molar-refractivity contribution < 1.29 is 33.1 Å². The number of allylic oxidation sites excluding steroid dienone is 8. The molecular formula is C14H18HfO2. The van der Waals surface area contributed by atoms with Crippen LogP contribution in [0.5, 0.6) is 0 Å². The van der Waals surface area contributed by atoms with Gasteiger partial charge in [0.25, 0.3) is 0 Å². The van der Waals surface area contributed by atoms with Crippen LogP contribution in [0.15, 0.2) is 42.1 Å². The van der Waals surface area contributed by atoms with Crippen LogP contribution in [0, 0.1) is 5.92 Å². The molecule has 0 aromatic carbocycles. The quantitative estimate of drug-likeness (QED) is 0.576. The Bertz CT molecular complexity index is 353. The Morgan fingerprint density at radius 1 is 0.941 bits per heavy atom. The Morgan fingerprint density at radius 3 is 1.76 bits per heavy atom. The molecule has 3 aliphatic rings. The predicted octanol–water partition coefficient (Wildman–Crippen LogP) is 1.10. The Kier molecular flexibility index (Phi) is 6.31. The largest absolute Gasteiger partial charge is 0.857 e. The monoisotopic (exact) mass is 398 g/mol. The van der Waals surface area contributed by atoms with Crippen molar-refractivity contribution in [3.05, 3.63) is 42.1 Å². The molecule has 0 bridgehead atoms. The van der Waals surface area contributed by atoms with Crippen molar-refractivity contribution in [2.75, 3.05) is 14.2 Å². The van der Waals surface area contributed by atoms with Crippen LogP contribution in [0.25, 0.3) is 0 Å². The topological polar surface area (TPSA) is 46.1 Å². The summed E-state index contributed by atoms with van der Waals surface area (Å²) in [5.74, 6) is 0.712. The van der Waals surface area contributed by atoms with Gasteiger partial charge in [-0.15, -0.1) is 0 Å². The Labute approximate surface area is 115 Å². The van der Waals surface area contributed by atoms with E-state index in [1.807, 2.05) is 6.66 Å². The summed E-state index contributed by atoms with van der Waals surface area (Å²) in [7, 11) is 1.50. The van der Waals surface area contributed by atoms with Crippen molar-refractivity contribution in [3.63, 3.8) is 0 Å². The van der Waals surface area contributed by atoms with E-state index in [4.69, 9.17) is 10.2 Å². The fourth-order valence-corrected chi connectivity index (χ4v) is 8.53. The van der Waals surface area contributed by atoms with Crippen molar-refractivity contribution in [1.82, 2.24) is 0 Å². The zero-order valence-corrected chi connectivity index (χ0v) is 14.2. The second-order valence-electron chi connectivity index (χ2n) is 3.93. The van der Waals surface area contributed by atoms with E-state index in [2.05, 4.69) is 31.2 Å². The van der Waals surface area contributed by atoms with E-state index in [0.717, 1.165) is 14.2 Å². The first-order valence-corrected chi connectivity index (χ1v) is 9.33. The fourth-order valence-electron chi connectivity index (χ4n) is 2.45. The molecule has 0 amide bonds. The van der Waals surface area contributed by atoms with Crippen LogP contribution in [-0.2, 0) is 22.9 Å². The predicted molar refractivity (Wildman–Crippen MR) is 62.6 cm³/mol. The van der Waals surface area contributed by atoms with Gasteiger partial charge in [0, 0.05) is 0 Å². The van der Waals surface area contributed by atoms with Crippen LogP contribution in [0.2, 0.25) is 0 Å². The van der Waals surface area contributed by atoms with Gasteiger partial charge in [0.1, 0.15) is 0 Å². The zero-order valence-electron chi connectivity index (χ0n) is 10.6. The molecule has 2 aliphatic carbocycles. The van der Waals surface area contributed by atoms with E-state index in [0.29, 0.717) is 5.92 Å². The minimum absolute atomic E-state index is 0.541. The van der Waals surface area contributed by atoms with Crippen molar-refractivity contribution in [2.45, 2.75) is 19.8 Å². The first-order valence-electron chi connectivity index (χ1n) is 5.74. The van der Waals surface area contributed by atoms with Crippen LogP contribution >= 0.6 is 0 Å². The van der Waals surface area contributed by atoms with Gasteiger partial charge in [-0.3, -0.25) is 0 Å². The molecule has 1 heterocycles. The smallest absolute Gasteiger partial charge is 0.153 e. The van der Waals surface area contributed by atoms with Gasteiger partial charge in [0.15, 0.2) is 0 Å². The van der Waals surface area contributed by atoms with Crippen LogP contribution in [0.3, 0.4) is 0 Å². The van der Waals surface area contributed by atoms with E-state index in [1.165, 1.54) is 12.8 Å².